The van der Waals surface area contributed by atoms with Gasteiger partial charge in [-0.15, -0.1) is 0 Å². The molecule has 0 atom stereocenters. The van der Waals surface area contributed by atoms with Gasteiger partial charge in [0.1, 0.15) is 5.56 Å². The van der Waals surface area contributed by atoms with Crippen LogP contribution < -0.4 is 11.1 Å². The monoisotopic (exact) mass is 295 g/mol. The smallest absolute Gasteiger partial charge is 0.285 e. The van der Waals surface area contributed by atoms with Gasteiger partial charge in [-0.3, -0.25) is 14.9 Å². The van der Waals surface area contributed by atoms with Gasteiger partial charge in [-0.05, 0) is 6.07 Å². The standard InChI is InChI=1S/C10H9F4N3O3/c11-6-1-5(8(17(19)20)2-7(6)12)9(18)16-4-10(13,14)3-15/h1-2H,3-4,15H2,(H,16,18). The minimum atomic E-state index is -3.41. The lowest BCUT2D eigenvalue weighted by atomic mass is 10.1. The van der Waals surface area contributed by atoms with Crippen LogP contribution in [0, 0.1) is 21.7 Å². The molecule has 3 N–H and O–H groups in total. The minimum absolute atomic E-state index is 0.200. The van der Waals surface area contributed by atoms with Crippen molar-refractivity contribution < 1.29 is 27.3 Å². The summed E-state index contributed by atoms with van der Waals surface area (Å²) in [5.74, 6) is -7.78. The maximum Gasteiger partial charge on any atom is 0.285 e. The fraction of sp³-hybridized carbons (Fsp3) is 0.300. The molecule has 0 aliphatic carbocycles. The normalized spacial score (nSPS) is 11.2. The van der Waals surface area contributed by atoms with Crippen LogP contribution >= 0.6 is 0 Å². The fourth-order valence-corrected chi connectivity index (χ4v) is 1.25. The molecule has 10 heteroatoms. The molecule has 1 rings (SSSR count). The fourth-order valence-electron chi connectivity index (χ4n) is 1.25. The molecule has 1 aromatic carbocycles. The molecule has 0 saturated carbocycles. The molecule has 0 unspecified atom stereocenters. The molecule has 0 aromatic heterocycles. The van der Waals surface area contributed by atoms with E-state index in [1.165, 1.54) is 0 Å². The number of nitrogens with one attached hydrogen (secondary N) is 1. The van der Waals surface area contributed by atoms with Crippen LogP contribution in [0.15, 0.2) is 12.1 Å². The van der Waals surface area contributed by atoms with Crippen molar-refractivity contribution in [2.45, 2.75) is 5.92 Å². The lowest BCUT2D eigenvalue weighted by Gasteiger charge is -2.14. The lowest BCUT2D eigenvalue weighted by Crippen LogP contribution is -2.41. The van der Waals surface area contributed by atoms with E-state index in [4.69, 9.17) is 5.73 Å². The molecule has 0 aliphatic heterocycles. The number of nitrogens with zero attached hydrogens (tertiary/aromatic N) is 1. The highest BCUT2D eigenvalue weighted by atomic mass is 19.3. The van der Waals surface area contributed by atoms with Crippen LogP contribution in [0.1, 0.15) is 10.4 Å². The minimum Gasteiger partial charge on any atom is -0.346 e. The largest absolute Gasteiger partial charge is 0.346 e. The third kappa shape index (κ3) is 3.63. The number of nitro benzene ring substituents is 1. The number of hydrogen-bond donors (Lipinski definition) is 2. The zero-order chi connectivity index (χ0) is 15.5. The van der Waals surface area contributed by atoms with E-state index in [2.05, 4.69) is 0 Å². The Bertz CT molecular complexity index is 551. The van der Waals surface area contributed by atoms with Crippen molar-refractivity contribution in [3.05, 3.63) is 39.4 Å². The van der Waals surface area contributed by atoms with E-state index in [0.29, 0.717) is 0 Å². The third-order valence-electron chi connectivity index (χ3n) is 2.29. The number of carbonyl (C=O) groups excluding carboxylic acids is 1. The first-order valence-corrected chi connectivity index (χ1v) is 5.17. The Morgan fingerprint density at radius 3 is 2.40 bits per heavy atom. The SMILES string of the molecule is NCC(F)(F)CNC(=O)c1cc(F)c(F)cc1[N+](=O)[O-]. The predicted octanol–water partition coefficient (Wildman–Crippen LogP) is 1.20. The van der Waals surface area contributed by atoms with Gasteiger partial charge in [-0.25, -0.2) is 17.6 Å². The number of benzene rings is 1. The summed E-state index contributed by atoms with van der Waals surface area (Å²) < 4.78 is 51.5. The van der Waals surface area contributed by atoms with Crippen molar-refractivity contribution in [2.24, 2.45) is 5.73 Å². The number of nitro groups is 1. The summed E-state index contributed by atoms with van der Waals surface area (Å²) >= 11 is 0. The topological polar surface area (TPSA) is 98.3 Å². The molecule has 0 aliphatic rings. The van der Waals surface area contributed by atoms with Gasteiger partial charge >= 0.3 is 0 Å². The maximum atomic E-state index is 13.0. The zero-order valence-corrected chi connectivity index (χ0v) is 9.83. The van der Waals surface area contributed by atoms with Crippen molar-refractivity contribution in [3.8, 4) is 0 Å². The Morgan fingerprint density at radius 2 is 1.90 bits per heavy atom. The van der Waals surface area contributed by atoms with E-state index < -0.39 is 52.7 Å². The van der Waals surface area contributed by atoms with Crippen molar-refractivity contribution >= 4 is 11.6 Å². The number of hydrogen-bond acceptors (Lipinski definition) is 4. The molecule has 1 amide bonds. The molecule has 0 spiro atoms. The second-order valence-electron chi connectivity index (χ2n) is 3.78. The van der Waals surface area contributed by atoms with E-state index in [9.17, 15) is 32.5 Å². The van der Waals surface area contributed by atoms with Crippen molar-refractivity contribution in [3.63, 3.8) is 0 Å². The first-order chi connectivity index (χ1) is 9.18. The zero-order valence-electron chi connectivity index (χ0n) is 9.83. The van der Waals surface area contributed by atoms with Crippen LogP contribution in [0.2, 0.25) is 0 Å². The number of nitrogens with two attached hydrogens (primary N) is 1. The second kappa shape index (κ2) is 5.82. The molecular weight excluding hydrogens is 286 g/mol. The summed E-state index contributed by atoms with van der Waals surface area (Å²) in [6.45, 7) is -2.23. The lowest BCUT2D eigenvalue weighted by molar-refractivity contribution is -0.385. The molecule has 0 heterocycles. The van der Waals surface area contributed by atoms with Gasteiger partial charge in [0.25, 0.3) is 17.5 Å². The van der Waals surface area contributed by atoms with E-state index in [0.717, 1.165) is 0 Å². The third-order valence-corrected chi connectivity index (χ3v) is 2.29. The van der Waals surface area contributed by atoms with E-state index >= 15 is 0 Å². The maximum absolute atomic E-state index is 13.0. The molecule has 6 nitrogen and oxygen atoms in total. The van der Waals surface area contributed by atoms with E-state index in [1.807, 2.05) is 0 Å². The molecule has 20 heavy (non-hydrogen) atoms. The van der Waals surface area contributed by atoms with Crippen LogP contribution in [0.4, 0.5) is 23.2 Å². The Kier molecular flexibility index (Phi) is 4.61. The second-order valence-corrected chi connectivity index (χ2v) is 3.78. The van der Waals surface area contributed by atoms with E-state index in [-0.39, 0.29) is 12.1 Å². The summed E-state index contributed by atoms with van der Waals surface area (Å²) in [6, 6.07) is 0.467. The molecule has 1 aromatic rings. The molecule has 0 saturated heterocycles. The van der Waals surface area contributed by atoms with Crippen LogP contribution in [0.5, 0.6) is 0 Å². The van der Waals surface area contributed by atoms with Crippen molar-refractivity contribution in [2.75, 3.05) is 13.1 Å². The highest BCUT2D eigenvalue weighted by molar-refractivity contribution is 5.98. The highest BCUT2D eigenvalue weighted by Crippen LogP contribution is 2.22. The quantitative estimate of drug-likeness (QED) is 0.484. The number of halogens is 4. The van der Waals surface area contributed by atoms with Crippen LogP contribution in [0.25, 0.3) is 0 Å². The number of amides is 1. The summed E-state index contributed by atoms with van der Waals surface area (Å²) in [4.78, 5) is 21.0. The van der Waals surface area contributed by atoms with Gasteiger partial charge < -0.3 is 11.1 Å². The first kappa shape index (κ1) is 15.8. The number of rotatable bonds is 5. The van der Waals surface area contributed by atoms with Gasteiger partial charge in [0.05, 0.1) is 24.1 Å². The van der Waals surface area contributed by atoms with Crippen LogP contribution in [0.3, 0.4) is 0 Å². The van der Waals surface area contributed by atoms with Crippen LogP contribution in [-0.4, -0.2) is 29.8 Å². The van der Waals surface area contributed by atoms with Gasteiger partial charge in [0.2, 0.25) is 0 Å². The van der Waals surface area contributed by atoms with Gasteiger partial charge in [0, 0.05) is 0 Å². The molecule has 0 fully saturated rings. The molecule has 0 bridgehead atoms. The number of alkyl halides is 2. The van der Waals surface area contributed by atoms with Gasteiger partial charge in [-0.2, -0.15) is 0 Å². The predicted molar refractivity (Wildman–Crippen MR) is 59.3 cm³/mol. The molecule has 0 radical (unpaired) electrons. The average molecular weight is 295 g/mol. The average Bonchev–Trinajstić information content (AvgIpc) is 2.38. The Labute approximate surface area is 109 Å². The summed E-state index contributed by atoms with van der Waals surface area (Å²) in [6.07, 6.45) is 0. The van der Waals surface area contributed by atoms with Crippen molar-refractivity contribution in [1.29, 1.82) is 0 Å². The first-order valence-electron chi connectivity index (χ1n) is 5.17. The number of carbonyl (C=O) groups is 1. The highest BCUT2D eigenvalue weighted by Gasteiger charge is 2.29. The summed E-state index contributed by atoms with van der Waals surface area (Å²) in [5.41, 5.74) is 2.84. The van der Waals surface area contributed by atoms with Crippen molar-refractivity contribution in [1.82, 2.24) is 5.32 Å². The van der Waals surface area contributed by atoms with Gasteiger partial charge in [0.15, 0.2) is 11.6 Å². The summed E-state index contributed by atoms with van der Waals surface area (Å²) in [7, 11) is 0. The van der Waals surface area contributed by atoms with Gasteiger partial charge in [-0.1, -0.05) is 0 Å². The molecule has 110 valence electrons. The van der Waals surface area contributed by atoms with Crippen LogP contribution in [-0.2, 0) is 0 Å². The Morgan fingerprint density at radius 1 is 1.35 bits per heavy atom. The summed E-state index contributed by atoms with van der Waals surface area (Å²) in [5, 5.41) is 12.3. The Hall–Kier alpha value is -2.23. The Balaban J connectivity index is 3.04. The van der Waals surface area contributed by atoms with E-state index in [1.54, 1.807) is 5.32 Å². The molecular formula is C10H9F4N3O3.